The van der Waals surface area contributed by atoms with Crippen LogP contribution in [0.3, 0.4) is 0 Å². The van der Waals surface area contributed by atoms with Gasteiger partial charge in [-0.1, -0.05) is 57.9 Å². The van der Waals surface area contributed by atoms with Gasteiger partial charge in [0.15, 0.2) is 17.1 Å². The summed E-state index contributed by atoms with van der Waals surface area (Å²) in [4.78, 5) is 23.5. The summed E-state index contributed by atoms with van der Waals surface area (Å²) in [5, 5.41) is 10.3. The fraction of sp³-hybridized carbons (Fsp3) is 0.524. The predicted octanol–water partition coefficient (Wildman–Crippen LogP) is 4.94. The van der Waals surface area contributed by atoms with Gasteiger partial charge in [0.05, 0.1) is 12.0 Å². The molecule has 0 spiro atoms. The number of esters is 1. The third-order valence-electron chi connectivity index (χ3n) is 4.32. The lowest BCUT2D eigenvalue weighted by atomic mass is 10.1. The first-order valence-corrected chi connectivity index (χ1v) is 9.64. The standard InChI is InChI=1S/C21H28O6/c1-3-4-5-6-7-8-9-10-14-25-19-16-12-11-13-17(23)18(16)27-21(24)20(19)26-15(2)22/h11-13,23H,3-10,14H2,1-2H3. The Morgan fingerprint density at radius 2 is 1.70 bits per heavy atom. The number of hydrogen-bond donors (Lipinski definition) is 1. The van der Waals surface area contributed by atoms with E-state index in [-0.39, 0.29) is 22.8 Å². The van der Waals surface area contributed by atoms with Crippen LogP contribution >= 0.6 is 0 Å². The molecule has 0 amide bonds. The summed E-state index contributed by atoms with van der Waals surface area (Å²) in [5.41, 5.74) is -0.838. The van der Waals surface area contributed by atoms with Crippen molar-refractivity contribution in [2.75, 3.05) is 6.61 Å². The molecule has 0 fully saturated rings. The number of unbranched alkanes of at least 4 members (excludes halogenated alkanes) is 7. The molecule has 0 aliphatic rings. The predicted molar refractivity (Wildman–Crippen MR) is 104 cm³/mol. The van der Waals surface area contributed by atoms with Crippen LogP contribution < -0.4 is 15.1 Å². The highest BCUT2D eigenvalue weighted by Gasteiger charge is 2.20. The maximum atomic E-state index is 12.2. The normalized spacial score (nSPS) is 10.9. The Labute approximate surface area is 159 Å². The van der Waals surface area contributed by atoms with Crippen LogP contribution in [0.1, 0.15) is 65.2 Å². The van der Waals surface area contributed by atoms with E-state index in [1.165, 1.54) is 45.1 Å². The number of para-hydroxylation sites is 1. The average molecular weight is 376 g/mol. The lowest BCUT2D eigenvalue weighted by Gasteiger charge is -2.12. The quantitative estimate of drug-likeness (QED) is 0.339. The zero-order valence-electron chi connectivity index (χ0n) is 16.1. The third kappa shape index (κ3) is 6.01. The van der Waals surface area contributed by atoms with Crippen molar-refractivity contribution in [3.05, 3.63) is 28.6 Å². The Morgan fingerprint density at radius 3 is 2.37 bits per heavy atom. The van der Waals surface area contributed by atoms with E-state index in [4.69, 9.17) is 13.9 Å². The average Bonchev–Trinajstić information content (AvgIpc) is 2.63. The zero-order chi connectivity index (χ0) is 19.6. The molecule has 0 unspecified atom stereocenters. The maximum absolute atomic E-state index is 12.2. The highest BCUT2D eigenvalue weighted by atomic mass is 16.6. The summed E-state index contributed by atoms with van der Waals surface area (Å²) in [5.74, 6) is -0.954. The summed E-state index contributed by atoms with van der Waals surface area (Å²) < 4.78 is 15.9. The number of carbonyl (C=O) groups is 1. The molecule has 0 saturated carbocycles. The van der Waals surface area contributed by atoms with Crippen molar-refractivity contribution >= 4 is 16.9 Å². The fourth-order valence-corrected chi connectivity index (χ4v) is 2.95. The number of carbonyl (C=O) groups excluding carboxylic acids is 1. The lowest BCUT2D eigenvalue weighted by Crippen LogP contribution is -2.14. The molecule has 0 atom stereocenters. The molecule has 6 nitrogen and oxygen atoms in total. The van der Waals surface area contributed by atoms with Crippen molar-refractivity contribution in [2.45, 2.75) is 65.2 Å². The van der Waals surface area contributed by atoms with E-state index in [1.807, 2.05) is 0 Å². The molecule has 1 N–H and O–H groups in total. The molecular formula is C21H28O6. The number of hydrogen-bond acceptors (Lipinski definition) is 6. The van der Waals surface area contributed by atoms with Gasteiger partial charge in [0.1, 0.15) is 0 Å². The molecule has 148 valence electrons. The van der Waals surface area contributed by atoms with Gasteiger partial charge in [0, 0.05) is 6.92 Å². The van der Waals surface area contributed by atoms with Gasteiger partial charge < -0.3 is 19.0 Å². The summed E-state index contributed by atoms with van der Waals surface area (Å²) in [6, 6.07) is 4.67. The first-order valence-electron chi connectivity index (χ1n) is 9.64. The van der Waals surface area contributed by atoms with E-state index in [1.54, 1.807) is 12.1 Å². The number of benzene rings is 1. The molecule has 0 aliphatic carbocycles. The summed E-state index contributed by atoms with van der Waals surface area (Å²) >= 11 is 0. The second-order valence-electron chi connectivity index (χ2n) is 6.62. The van der Waals surface area contributed by atoms with Crippen LogP contribution in [0.5, 0.6) is 17.2 Å². The van der Waals surface area contributed by atoms with Gasteiger partial charge in [-0.2, -0.15) is 0 Å². The number of ether oxygens (including phenoxy) is 2. The van der Waals surface area contributed by atoms with Gasteiger partial charge in [0.25, 0.3) is 5.75 Å². The zero-order valence-corrected chi connectivity index (χ0v) is 16.1. The fourth-order valence-electron chi connectivity index (χ4n) is 2.95. The Kier molecular flexibility index (Phi) is 8.17. The van der Waals surface area contributed by atoms with Gasteiger partial charge in [-0.05, 0) is 18.6 Å². The smallest absolute Gasteiger partial charge is 0.383 e. The van der Waals surface area contributed by atoms with Gasteiger partial charge >= 0.3 is 11.6 Å². The highest BCUT2D eigenvalue weighted by Crippen LogP contribution is 2.36. The monoisotopic (exact) mass is 376 g/mol. The Morgan fingerprint density at radius 1 is 1.04 bits per heavy atom. The van der Waals surface area contributed by atoms with Crippen LogP contribution in [0, 0.1) is 0 Å². The van der Waals surface area contributed by atoms with Crippen molar-refractivity contribution < 1.29 is 23.8 Å². The Bertz CT molecular complexity index is 808. The van der Waals surface area contributed by atoms with Crippen LogP contribution in [-0.4, -0.2) is 17.7 Å². The van der Waals surface area contributed by atoms with E-state index in [0.717, 1.165) is 19.3 Å². The maximum Gasteiger partial charge on any atom is 0.383 e. The van der Waals surface area contributed by atoms with Gasteiger partial charge in [-0.15, -0.1) is 0 Å². The summed E-state index contributed by atoms with van der Waals surface area (Å²) in [6.45, 7) is 3.79. The largest absolute Gasteiger partial charge is 0.504 e. The summed E-state index contributed by atoms with van der Waals surface area (Å²) in [7, 11) is 0. The van der Waals surface area contributed by atoms with Gasteiger partial charge in [0.2, 0.25) is 0 Å². The minimum Gasteiger partial charge on any atom is -0.504 e. The van der Waals surface area contributed by atoms with Gasteiger partial charge in [-0.3, -0.25) is 4.79 Å². The minimum absolute atomic E-state index is 0.0179. The first kappa shape index (κ1) is 20.8. The van der Waals surface area contributed by atoms with Crippen LogP contribution in [-0.2, 0) is 4.79 Å². The van der Waals surface area contributed by atoms with Crippen LogP contribution in [0.4, 0.5) is 0 Å². The number of phenolic OH excluding ortho intramolecular Hbond substituents is 1. The number of rotatable bonds is 11. The van der Waals surface area contributed by atoms with Gasteiger partial charge in [-0.25, -0.2) is 4.79 Å². The SMILES string of the molecule is CCCCCCCCCCOc1c(OC(C)=O)c(=O)oc2c(O)cccc12. The number of aromatic hydroxyl groups is 1. The molecule has 0 saturated heterocycles. The second-order valence-corrected chi connectivity index (χ2v) is 6.62. The molecule has 1 aromatic carbocycles. The summed E-state index contributed by atoms with van der Waals surface area (Å²) in [6.07, 6.45) is 9.29. The van der Waals surface area contributed by atoms with E-state index < -0.39 is 11.6 Å². The first-order chi connectivity index (χ1) is 13.0. The molecule has 0 aliphatic heterocycles. The highest BCUT2D eigenvalue weighted by molar-refractivity contribution is 5.90. The molecule has 6 heteroatoms. The minimum atomic E-state index is -0.856. The van der Waals surface area contributed by atoms with E-state index in [2.05, 4.69) is 6.92 Å². The van der Waals surface area contributed by atoms with E-state index in [9.17, 15) is 14.7 Å². The van der Waals surface area contributed by atoms with Crippen LogP contribution in [0.15, 0.2) is 27.4 Å². The molecule has 27 heavy (non-hydrogen) atoms. The molecule has 0 radical (unpaired) electrons. The Hall–Kier alpha value is -2.50. The van der Waals surface area contributed by atoms with Crippen molar-refractivity contribution in [3.63, 3.8) is 0 Å². The van der Waals surface area contributed by atoms with Crippen molar-refractivity contribution in [3.8, 4) is 17.2 Å². The second kappa shape index (κ2) is 10.6. The number of phenols is 1. The van der Waals surface area contributed by atoms with Crippen LogP contribution in [0.25, 0.3) is 11.0 Å². The van der Waals surface area contributed by atoms with E-state index in [0.29, 0.717) is 12.0 Å². The topological polar surface area (TPSA) is 86.0 Å². The van der Waals surface area contributed by atoms with E-state index >= 15 is 0 Å². The van der Waals surface area contributed by atoms with Crippen molar-refractivity contribution in [1.82, 2.24) is 0 Å². The molecule has 2 rings (SSSR count). The molecule has 1 heterocycles. The van der Waals surface area contributed by atoms with Crippen molar-refractivity contribution in [1.29, 1.82) is 0 Å². The lowest BCUT2D eigenvalue weighted by molar-refractivity contribution is -0.132. The molecule has 0 bridgehead atoms. The Balaban J connectivity index is 2.03. The van der Waals surface area contributed by atoms with Crippen molar-refractivity contribution in [2.24, 2.45) is 0 Å². The third-order valence-corrected chi connectivity index (χ3v) is 4.32. The van der Waals surface area contributed by atoms with Crippen LogP contribution in [0.2, 0.25) is 0 Å². The number of fused-ring (bicyclic) bond motifs is 1. The molecule has 2 aromatic rings. The molecule has 1 aromatic heterocycles. The molecular weight excluding hydrogens is 348 g/mol.